The van der Waals surface area contributed by atoms with E-state index in [1.807, 2.05) is 25.1 Å². The zero-order valence-corrected chi connectivity index (χ0v) is 18.9. The smallest absolute Gasteiger partial charge is 0.237 e. The molecule has 2 N–H and O–H groups in total. The lowest BCUT2D eigenvalue weighted by molar-refractivity contribution is -0.127. The Kier molecular flexibility index (Phi) is 8.32. The van der Waals surface area contributed by atoms with Crippen LogP contribution in [0.15, 0.2) is 42.5 Å². The van der Waals surface area contributed by atoms with E-state index in [4.69, 9.17) is 4.74 Å². The molecule has 31 heavy (non-hydrogen) atoms. The van der Waals surface area contributed by atoms with E-state index in [0.717, 1.165) is 31.7 Å². The molecule has 1 amide bonds. The number of likely N-dealkylation sites (N-methyl/N-ethyl adjacent to an activating group) is 1. The van der Waals surface area contributed by atoms with Crippen LogP contribution in [0, 0.1) is 0 Å². The van der Waals surface area contributed by atoms with Crippen LogP contribution in [0.2, 0.25) is 0 Å². The molecule has 0 saturated heterocycles. The number of ether oxygens (including phenoxy) is 1. The highest BCUT2D eigenvalue weighted by atomic mass is 16.5. The number of carbonyl (C=O) groups excluding carboxylic acids is 1. The second-order valence-corrected chi connectivity index (χ2v) is 7.95. The average molecular weight is 426 g/mol. The molecule has 0 spiro atoms. The normalized spacial score (nSPS) is 16.2. The molecule has 0 radical (unpaired) electrons. The summed E-state index contributed by atoms with van der Waals surface area (Å²) in [5.41, 5.74) is 3.52. The van der Waals surface area contributed by atoms with Gasteiger partial charge >= 0.3 is 0 Å². The highest BCUT2D eigenvalue weighted by Crippen LogP contribution is 2.30. The number of hydrogen-bond acceptors (Lipinski definition) is 5. The highest BCUT2D eigenvalue weighted by Gasteiger charge is 2.31. The number of fused-ring (bicyclic) bond motifs is 1. The van der Waals surface area contributed by atoms with Crippen molar-refractivity contribution in [1.82, 2.24) is 15.1 Å². The minimum Gasteiger partial charge on any atom is -0.504 e. The Labute approximate surface area is 185 Å². The first-order chi connectivity index (χ1) is 15.0. The fourth-order valence-corrected chi connectivity index (χ4v) is 4.16. The predicted octanol–water partition coefficient (Wildman–Crippen LogP) is 3.18. The molecule has 6 nitrogen and oxygen atoms in total. The lowest BCUT2D eigenvalue weighted by atomic mass is 9.93. The number of phenolic OH excluding ortho intramolecular Hbond substituents is 1. The SMILES string of the molecule is CCOc1cc(CN2Cc3ccccc3CC2C(=O)NCCN(CC)CC)ccc1O. The van der Waals surface area contributed by atoms with Gasteiger partial charge in [-0.25, -0.2) is 0 Å². The van der Waals surface area contributed by atoms with Crippen LogP contribution >= 0.6 is 0 Å². The van der Waals surface area contributed by atoms with E-state index in [2.05, 4.69) is 47.2 Å². The number of rotatable bonds is 10. The summed E-state index contributed by atoms with van der Waals surface area (Å²) < 4.78 is 5.54. The van der Waals surface area contributed by atoms with Crippen LogP contribution in [0.3, 0.4) is 0 Å². The minimum absolute atomic E-state index is 0.0745. The topological polar surface area (TPSA) is 65.0 Å². The molecule has 3 rings (SSSR count). The number of carbonyl (C=O) groups is 1. The van der Waals surface area contributed by atoms with Crippen molar-refractivity contribution in [3.8, 4) is 11.5 Å². The summed E-state index contributed by atoms with van der Waals surface area (Å²) in [7, 11) is 0. The van der Waals surface area contributed by atoms with Crippen LogP contribution in [0.25, 0.3) is 0 Å². The molecule has 0 fully saturated rings. The van der Waals surface area contributed by atoms with E-state index in [1.54, 1.807) is 6.07 Å². The maximum atomic E-state index is 13.2. The second kappa shape index (κ2) is 11.2. The molecule has 1 aliphatic rings. The van der Waals surface area contributed by atoms with Gasteiger partial charge in [-0.3, -0.25) is 9.69 Å². The molecule has 0 bridgehead atoms. The number of nitrogens with one attached hydrogen (secondary N) is 1. The molecule has 1 heterocycles. The molecule has 1 atom stereocenters. The van der Waals surface area contributed by atoms with Gasteiger partial charge in [0.25, 0.3) is 0 Å². The van der Waals surface area contributed by atoms with Crippen molar-refractivity contribution in [2.75, 3.05) is 32.8 Å². The van der Waals surface area contributed by atoms with Gasteiger partial charge in [-0.05, 0) is 55.3 Å². The molecule has 0 aliphatic carbocycles. The molecule has 0 saturated carbocycles. The van der Waals surface area contributed by atoms with Gasteiger partial charge in [0.05, 0.1) is 12.6 Å². The van der Waals surface area contributed by atoms with Gasteiger partial charge in [-0.2, -0.15) is 0 Å². The Balaban J connectivity index is 1.75. The van der Waals surface area contributed by atoms with E-state index in [1.165, 1.54) is 11.1 Å². The fraction of sp³-hybridized carbons (Fsp3) is 0.480. The fourth-order valence-electron chi connectivity index (χ4n) is 4.16. The average Bonchev–Trinajstić information content (AvgIpc) is 2.78. The molecule has 168 valence electrons. The molecule has 6 heteroatoms. The van der Waals surface area contributed by atoms with Crippen LogP contribution in [0.5, 0.6) is 11.5 Å². The van der Waals surface area contributed by atoms with Gasteiger partial charge in [0.2, 0.25) is 5.91 Å². The maximum absolute atomic E-state index is 13.2. The minimum atomic E-state index is -0.226. The summed E-state index contributed by atoms with van der Waals surface area (Å²) >= 11 is 0. The van der Waals surface area contributed by atoms with Crippen molar-refractivity contribution in [3.05, 3.63) is 59.2 Å². The van der Waals surface area contributed by atoms with Gasteiger partial charge in [-0.15, -0.1) is 0 Å². The first-order valence-electron chi connectivity index (χ1n) is 11.3. The molecule has 0 aromatic heterocycles. The number of phenols is 1. The third-order valence-corrected chi connectivity index (χ3v) is 5.98. The summed E-state index contributed by atoms with van der Waals surface area (Å²) in [5, 5.41) is 13.2. The van der Waals surface area contributed by atoms with Crippen molar-refractivity contribution in [3.63, 3.8) is 0 Å². The van der Waals surface area contributed by atoms with Crippen molar-refractivity contribution < 1.29 is 14.6 Å². The van der Waals surface area contributed by atoms with Crippen molar-refractivity contribution in [1.29, 1.82) is 0 Å². The highest BCUT2D eigenvalue weighted by molar-refractivity contribution is 5.82. The zero-order valence-electron chi connectivity index (χ0n) is 18.9. The van der Waals surface area contributed by atoms with Crippen LogP contribution < -0.4 is 10.1 Å². The van der Waals surface area contributed by atoms with E-state index in [0.29, 0.717) is 31.9 Å². The molecule has 2 aromatic carbocycles. The second-order valence-electron chi connectivity index (χ2n) is 7.95. The zero-order chi connectivity index (χ0) is 22.2. The van der Waals surface area contributed by atoms with E-state index >= 15 is 0 Å². The van der Waals surface area contributed by atoms with Crippen LogP contribution in [-0.4, -0.2) is 59.6 Å². The summed E-state index contributed by atoms with van der Waals surface area (Å²) in [5.74, 6) is 0.698. The Morgan fingerprint density at radius 3 is 2.61 bits per heavy atom. The maximum Gasteiger partial charge on any atom is 0.237 e. The third kappa shape index (κ3) is 5.99. The van der Waals surface area contributed by atoms with Crippen molar-refractivity contribution in [2.45, 2.75) is 46.3 Å². The van der Waals surface area contributed by atoms with Gasteiger partial charge in [-0.1, -0.05) is 44.2 Å². The standard InChI is InChI=1S/C25H35N3O3/c1-4-27(5-2)14-13-26-25(30)22-16-20-9-7-8-10-21(20)18-28(22)17-19-11-12-23(29)24(15-19)31-6-3/h7-12,15,22,29H,4-6,13-14,16-18H2,1-3H3,(H,26,30). The van der Waals surface area contributed by atoms with E-state index in [-0.39, 0.29) is 17.7 Å². The molecular weight excluding hydrogens is 390 g/mol. The largest absolute Gasteiger partial charge is 0.504 e. The van der Waals surface area contributed by atoms with Crippen LogP contribution in [0.1, 0.15) is 37.5 Å². The van der Waals surface area contributed by atoms with Crippen molar-refractivity contribution >= 4 is 5.91 Å². The third-order valence-electron chi connectivity index (χ3n) is 5.98. The Morgan fingerprint density at radius 2 is 1.90 bits per heavy atom. The van der Waals surface area contributed by atoms with E-state index < -0.39 is 0 Å². The van der Waals surface area contributed by atoms with Gasteiger partial charge in [0.1, 0.15) is 0 Å². The summed E-state index contributed by atoms with van der Waals surface area (Å²) in [4.78, 5) is 17.7. The molecule has 1 aliphatic heterocycles. The molecule has 1 unspecified atom stereocenters. The Bertz CT molecular complexity index is 867. The van der Waals surface area contributed by atoms with Gasteiger partial charge < -0.3 is 20.1 Å². The lowest BCUT2D eigenvalue weighted by Crippen LogP contribution is -2.51. The first kappa shape index (κ1) is 23.1. The van der Waals surface area contributed by atoms with E-state index in [9.17, 15) is 9.90 Å². The first-order valence-corrected chi connectivity index (χ1v) is 11.3. The van der Waals surface area contributed by atoms with Crippen LogP contribution in [-0.2, 0) is 24.3 Å². The predicted molar refractivity (Wildman–Crippen MR) is 123 cm³/mol. The van der Waals surface area contributed by atoms with Gasteiger partial charge in [0.15, 0.2) is 11.5 Å². The lowest BCUT2D eigenvalue weighted by Gasteiger charge is -2.36. The van der Waals surface area contributed by atoms with Gasteiger partial charge in [0, 0.05) is 26.2 Å². The summed E-state index contributed by atoms with van der Waals surface area (Å²) in [6, 6.07) is 13.6. The number of aromatic hydroxyl groups is 1. The van der Waals surface area contributed by atoms with Crippen LogP contribution in [0.4, 0.5) is 0 Å². The Morgan fingerprint density at radius 1 is 1.16 bits per heavy atom. The summed E-state index contributed by atoms with van der Waals surface area (Å²) in [6.07, 6.45) is 0.698. The molecule has 2 aromatic rings. The number of amides is 1. The summed E-state index contributed by atoms with van der Waals surface area (Å²) in [6.45, 7) is 11.5. The monoisotopic (exact) mass is 425 g/mol. The number of hydrogen-bond donors (Lipinski definition) is 2. The quantitative estimate of drug-likeness (QED) is 0.612. The Hall–Kier alpha value is -2.57. The van der Waals surface area contributed by atoms with Crippen molar-refractivity contribution in [2.24, 2.45) is 0 Å². The number of nitrogens with zero attached hydrogens (tertiary/aromatic N) is 2. The number of benzene rings is 2. The molecular formula is C25H35N3O3.